The van der Waals surface area contributed by atoms with Crippen molar-refractivity contribution in [2.45, 2.75) is 32.7 Å². The van der Waals surface area contributed by atoms with E-state index in [0.717, 1.165) is 18.4 Å². The highest BCUT2D eigenvalue weighted by Crippen LogP contribution is 2.40. The van der Waals surface area contributed by atoms with Crippen LogP contribution in [0.4, 0.5) is 0 Å². The lowest BCUT2D eigenvalue weighted by Gasteiger charge is -2.20. The maximum Gasteiger partial charge on any atom is 0.00355 e. The summed E-state index contributed by atoms with van der Waals surface area (Å²) in [6.07, 6.45) is 2.72. The smallest absolute Gasteiger partial charge is 0.00355 e. The quantitative estimate of drug-likeness (QED) is 0.674. The summed E-state index contributed by atoms with van der Waals surface area (Å²) < 4.78 is 0. The molecule has 0 aromatic rings. The van der Waals surface area contributed by atoms with E-state index in [9.17, 15) is 0 Å². The molecule has 1 saturated carbocycles. The van der Waals surface area contributed by atoms with Crippen molar-refractivity contribution >= 4 is 0 Å². The van der Waals surface area contributed by atoms with Crippen LogP contribution in [0.1, 0.15) is 26.7 Å². The van der Waals surface area contributed by atoms with Gasteiger partial charge in [-0.05, 0) is 58.7 Å². The van der Waals surface area contributed by atoms with E-state index in [2.05, 4.69) is 25.8 Å². The fourth-order valence-electron chi connectivity index (χ4n) is 1.58. The van der Waals surface area contributed by atoms with Crippen LogP contribution in [0.5, 0.6) is 0 Å². The lowest BCUT2D eigenvalue weighted by Crippen LogP contribution is -2.27. The van der Waals surface area contributed by atoms with Gasteiger partial charge in [-0.2, -0.15) is 0 Å². The number of hydrogen-bond acceptors (Lipinski definition) is 2. The Hall–Kier alpha value is -0.0800. The molecule has 0 spiro atoms. The molecule has 2 atom stereocenters. The van der Waals surface area contributed by atoms with Crippen LogP contribution in [0.15, 0.2) is 0 Å². The molecule has 0 amide bonds. The van der Waals surface area contributed by atoms with E-state index in [1.807, 2.05) is 0 Å². The minimum atomic E-state index is 0.681. The zero-order valence-corrected chi connectivity index (χ0v) is 8.59. The fraction of sp³-hybridized carbons (Fsp3) is 1.00. The van der Waals surface area contributed by atoms with Gasteiger partial charge in [-0.1, -0.05) is 0 Å². The SMILES string of the molecule is CC(C)N(C)CC[C@@H]1C[C@H]1CN. The van der Waals surface area contributed by atoms with Crippen molar-refractivity contribution in [3.8, 4) is 0 Å². The predicted molar refractivity (Wildman–Crippen MR) is 53.0 cm³/mol. The van der Waals surface area contributed by atoms with E-state index < -0.39 is 0 Å². The van der Waals surface area contributed by atoms with Gasteiger partial charge in [0, 0.05) is 6.04 Å². The summed E-state index contributed by atoms with van der Waals surface area (Å²) in [6.45, 7) is 6.62. The summed E-state index contributed by atoms with van der Waals surface area (Å²) >= 11 is 0. The zero-order valence-electron chi connectivity index (χ0n) is 8.59. The van der Waals surface area contributed by atoms with Gasteiger partial charge in [0.2, 0.25) is 0 Å². The molecule has 0 radical (unpaired) electrons. The van der Waals surface area contributed by atoms with Gasteiger partial charge in [0.25, 0.3) is 0 Å². The topological polar surface area (TPSA) is 29.3 Å². The molecule has 1 fully saturated rings. The highest BCUT2D eigenvalue weighted by atomic mass is 15.1. The minimum Gasteiger partial charge on any atom is -0.330 e. The molecule has 0 bridgehead atoms. The molecule has 2 nitrogen and oxygen atoms in total. The van der Waals surface area contributed by atoms with Gasteiger partial charge in [-0.25, -0.2) is 0 Å². The Morgan fingerprint density at radius 1 is 1.42 bits per heavy atom. The Kier molecular flexibility index (Phi) is 3.53. The number of rotatable bonds is 5. The van der Waals surface area contributed by atoms with Crippen LogP contribution in [-0.4, -0.2) is 31.1 Å². The zero-order chi connectivity index (χ0) is 9.14. The summed E-state index contributed by atoms with van der Waals surface area (Å²) in [6, 6.07) is 0.681. The highest BCUT2D eigenvalue weighted by molar-refractivity contribution is 4.87. The Labute approximate surface area is 76.1 Å². The Morgan fingerprint density at radius 2 is 2.08 bits per heavy atom. The van der Waals surface area contributed by atoms with Crippen molar-refractivity contribution in [2.75, 3.05) is 20.1 Å². The van der Waals surface area contributed by atoms with Crippen LogP contribution in [0.2, 0.25) is 0 Å². The van der Waals surface area contributed by atoms with Crippen LogP contribution < -0.4 is 5.73 Å². The van der Waals surface area contributed by atoms with Crippen molar-refractivity contribution in [3.05, 3.63) is 0 Å². The molecule has 0 unspecified atom stereocenters. The third kappa shape index (κ3) is 2.76. The van der Waals surface area contributed by atoms with Gasteiger partial charge in [0.05, 0.1) is 0 Å². The first kappa shape index (κ1) is 10.0. The van der Waals surface area contributed by atoms with Crippen molar-refractivity contribution in [1.29, 1.82) is 0 Å². The minimum absolute atomic E-state index is 0.681. The molecular formula is C10H22N2. The lowest BCUT2D eigenvalue weighted by atomic mass is 10.2. The van der Waals surface area contributed by atoms with Crippen molar-refractivity contribution < 1.29 is 0 Å². The molecule has 12 heavy (non-hydrogen) atoms. The molecule has 72 valence electrons. The highest BCUT2D eigenvalue weighted by Gasteiger charge is 2.34. The first-order valence-electron chi connectivity index (χ1n) is 5.05. The second-order valence-electron chi connectivity index (χ2n) is 4.35. The molecule has 2 N–H and O–H groups in total. The molecule has 1 aliphatic rings. The number of nitrogens with zero attached hydrogens (tertiary/aromatic N) is 1. The van der Waals surface area contributed by atoms with Crippen LogP contribution in [0, 0.1) is 11.8 Å². The van der Waals surface area contributed by atoms with Gasteiger partial charge in [0.15, 0.2) is 0 Å². The van der Waals surface area contributed by atoms with Crippen LogP contribution >= 0.6 is 0 Å². The molecule has 1 aliphatic carbocycles. The van der Waals surface area contributed by atoms with E-state index in [4.69, 9.17) is 5.73 Å². The van der Waals surface area contributed by atoms with Crippen molar-refractivity contribution in [3.63, 3.8) is 0 Å². The molecule has 0 aliphatic heterocycles. The Morgan fingerprint density at radius 3 is 2.50 bits per heavy atom. The summed E-state index contributed by atoms with van der Waals surface area (Å²) in [5, 5.41) is 0. The predicted octanol–water partition coefficient (Wildman–Crippen LogP) is 1.31. The van der Waals surface area contributed by atoms with Crippen molar-refractivity contribution in [1.82, 2.24) is 4.90 Å². The van der Waals surface area contributed by atoms with Gasteiger partial charge in [-0.3, -0.25) is 0 Å². The molecule has 2 heteroatoms. The molecule has 0 aromatic carbocycles. The largest absolute Gasteiger partial charge is 0.330 e. The Bertz CT molecular complexity index is 134. The van der Waals surface area contributed by atoms with Gasteiger partial charge < -0.3 is 10.6 Å². The summed E-state index contributed by atoms with van der Waals surface area (Å²) in [7, 11) is 2.20. The molecule has 1 rings (SSSR count). The Balaban J connectivity index is 2.03. The summed E-state index contributed by atoms with van der Waals surface area (Å²) in [5.74, 6) is 1.79. The van der Waals surface area contributed by atoms with E-state index in [0.29, 0.717) is 6.04 Å². The van der Waals surface area contributed by atoms with E-state index in [1.54, 1.807) is 0 Å². The first-order valence-corrected chi connectivity index (χ1v) is 5.05. The fourth-order valence-corrected chi connectivity index (χ4v) is 1.58. The number of hydrogen-bond donors (Lipinski definition) is 1. The van der Waals surface area contributed by atoms with Crippen LogP contribution in [0.3, 0.4) is 0 Å². The maximum atomic E-state index is 5.58. The van der Waals surface area contributed by atoms with Crippen LogP contribution in [0.25, 0.3) is 0 Å². The monoisotopic (exact) mass is 170 g/mol. The second kappa shape index (κ2) is 4.24. The number of nitrogens with two attached hydrogens (primary N) is 1. The van der Waals surface area contributed by atoms with Gasteiger partial charge in [0.1, 0.15) is 0 Å². The lowest BCUT2D eigenvalue weighted by molar-refractivity contribution is 0.264. The summed E-state index contributed by atoms with van der Waals surface area (Å²) in [5.41, 5.74) is 5.58. The molecular weight excluding hydrogens is 148 g/mol. The molecule has 0 aromatic heterocycles. The van der Waals surface area contributed by atoms with Gasteiger partial charge >= 0.3 is 0 Å². The third-order valence-electron chi connectivity index (χ3n) is 3.11. The normalized spacial score (nSPS) is 28.5. The van der Waals surface area contributed by atoms with Crippen molar-refractivity contribution in [2.24, 2.45) is 17.6 Å². The standard InChI is InChI=1S/C10H22N2/c1-8(2)12(3)5-4-9-6-10(9)7-11/h8-10H,4-7,11H2,1-3H3/t9-,10+/m1/s1. The first-order chi connectivity index (χ1) is 5.65. The van der Waals surface area contributed by atoms with Gasteiger partial charge in [-0.15, -0.1) is 0 Å². The van der Waals surface area contributed by atoms with E-state index >= 15 is 0 Å². The third-order valence-corrected chi connectivity index (χ3v) is 3.11. The van der Waals surface area contributed by atoms with E-state index in [1.165, 1.54) is 19.4 Å². The van der Waals surface area contributed by atoms with E-state index in [-0.39, 0.29) is 0 Å². The summed E-state index contributed by atoms with van der Waals surface area (Å²) in [4.78, 5) is 2.41. The molecule has 0 saturated heterocycles. The average Bonchev–Trinajstić information content (AvgIpc) is 2.78. The second-order valence-corrected chi connectivity index (χ2v) is 4.35. The average molecular weight is 170 g/mol. The van der Waals surface area contributed by atoms with Crippen LogP contribution in [-0.2, 0) is 0 Å². The maximum absolute atomic E-state index is 5.58. The molecule has 0 heterocycles.